The van der Waals surface area contributed by atoms with Crippen molar-refractivity contribution in [2.75, 3.05) is 12.3 Å². The first-order valence-electron chi connectivity index (χ1n) is 13.4. The number of halogens is 3. The lowest BCUT2D eigenvalue weighted by atomic mass is 9.92. The first-order valence-corrected chi connectivity index (χ1v) is 13.4. The van der Waals surface area contributed by atoms with Crippen LogP contribution in [0.5, 0.6) is 0 Å². The number of nitrogens with one attached hydrogen (secondary N) is 1. The number of aromatic nitrogens is 1. The number of amides is 2. The Bertz CT molecular complexity index is 1600. The number of anilines is 1. The van der Waals surface area contributed by atoms with E-state index in [4.69, 9.17) is 15.1 Å². The SMILES string of the molecule is Nc1c(CCc2ccc(C(F)(F)F)cc2)nc2c(c1-c1ccc(C(=O)NCc3ccco3)cc1)C(=O)N1CCC[C@@H]21. The van der Waals surface area contributed by atoms with Crippen molar-refractivity contribution in [3.63, 3.8) is 0 Å². The van der Waals surface area contributed by atoms with Gasteiger partial charge in [0.15, 0.2) is 0 Å². The van der Waals surface area contributed by atoms with Gasteiger partial charge in [0.1, 0.15) is 5.76 Å². The zero-order valence-electron chi connectivity index (χ0n) is 22.0. The zero-order valence-corrected chi connectivity index (χ0v) is 22.0. The fraction of sp³-hybridized carbons (Fsp3) is 0.258. The standard InChI is InChI=1S/C31H27F3N4O3/c32-31(33,34)21-12-5-18(6-13-21)7-14-23-27(35)25(26-28(37-23)24-4-1-15-38(24)30(26)40)19-8-10-20(11-9-19)29(39)36-17-22-3-2-16-41-22/h2-3,5-6,8-13,16,24H,1,4,7,14-15,17,35H2,(H,36,39)/t24-/m0/s1. The van der Waals surface area contributed by atoms with Gasteiger partial charge in [-0.25, -0.2) is 0 Å². The van der Waals surface area contributed by atoms with E-state index in [2.05, 4.69) is 5.32 Å². The topological polar surface area (TPSA) is 101 Å². The highest BCUT2D eigenvalue weighted by atomic mass is 19.4. The molecule has 210 valence electrons. The number of nitrogen functional groups attached to an aromatic ring is 1. The van der Waals surface area contributed by atoms with Gasteiger partial charge in [-0.15, -0.1) is 0 Å². The molecule has 0 unspecified atom stereocenters. The first kappa shape index (κ1) is 26.6. The van der Waals surface area contributed by atoms with Crippen LogP contribution in [0.25, 0.3) is 11.1 Å². The molecular formula is C31H27F3N4O3. The van der Waals surface area contributed by atoms with Crippen LogP contribution in [0.2, 0.25) is 0 Å². The lowest BCUT2D eigenvalue weighted by molar-refractivity contribution is -0.137. The van der Waals surface area contributed by atoms with E-state index in [1.165, 1.54) is 18.4 Å². The van der Waals surface area contributed by atoms with Gasteiger partial charge in [-0.05, 0) is 73.2 Å². The van der Waals surface area contributed by atoms with Gasteiger partial charge in [0, 0.05) is 17.7 Å². The number of furan rings is 1. The molecule has 0 saturated carbocycles. The zero-order chi connectivity index (χ0) is 28.7. The van der Waals surface area contributed by atoms with Crippen LogP contribution in [0.1, 0.15) is 67.9 Å². The molecule has 2 aliphatic rings. The van der Waals surface area contributed by atoms with Crippen molar-refractivity contribution in [1.82, 2.24) is 15.2 Å². The third-order valence-electron chi connectivity index (χ3n) is 7.76. The molecule has 41 heavy (non-hydrogen) atoms. The maximum absolute atomic E-state index is 13.5. The molecule has 2 aromatic carbocycles. The molecule has 7 nitrogen and oxygen atoms in total. The number of aryl methyl sites for hydroxylation is 2. The van der Waals surface area contributed by atoms with Crippen molar-refractivity contribution < 1.29 is 27.2 Å². The first-order chi connectivity index (χ1) is 19.7. The highest BCUT2D eigenvalue weighted by molar-refractivity contribution is 6.08. The number of carbonyl (C=O) groups excluding carboxylic acids is 2. The van der Waals surface area contributed by atoms with Crippen LogP contribution in [-0.2, 0) is 25.6 Å². The molecule has 0 aliphatic carbocycles. The molecule has 2 aromatic heterocycles. The summed E-state index contributed by atoms with van der Waals surface area (Å²) in [5.74, 6) is 0.263. The molecule has 6 rings (SSSR count). The summed E-state index contributed by atoms with van der Waals surface area (Å²) in [6, 6.07) is 15.4. The fourth-order valence-corrected chi connectivity index (χ4v) is 5.65. The van der Waals surface area contributed by atoms with Crippen LogP contribution in [-0.4, -0.2) is 28.2 Å². The van der Waals surface area contributed by atoms with Gasteiger partial charge < -0.3 is 20.4 Å². The predicted molar refractivity (Wildman–Crippen MR) is 146 cm³/mol. The summed E-state index contributed by atoms with van der Waals surface area (Å²) < 4.78 is 44.2. The third-order valence-corrected chi connectivity index (χ3v) is 7.76. The van der Waals surface area contributed by atoms with E-state index in [-0.39, 0.29) is 24.4 Å². The molecule has 4 heterocycles. The molecule has 2 amide bonds. The minimum atomic E-state index is -4.39. The molecule has 0 radical (unpaired) electrons. The van der Waals surface area contributed by atoms with E-state index in [0.29, 0.717) is 64.5 Å². The minimum absolute atomic E-state index is 0.105. The second-order valence-electron chi connectivity index (χ2n) is 10.3. The molecule has 4 aromatic rings. The second kappa shape index (κ2) is 10.4. The van der Waals surface area contributed by atoms with Gasteiger partial charge in [-0.3, -0.25) is 14.6 Å². The van der Waals surface area contributed by atoms with Gasteiger partial charge >= 0.3 is 6.18 Å². The Balaban J connectivity index is 1.30. The summed E-state index contributed by atoms with van der Waals surface area (Å²) in [6.45, 7) is 0.904. The van der Waals surface area contributed by atoms with Gasteiger partial charge in [0.05, 0.1) is 47.1 Å². The summed E-state index contributed by atoms with van der Waals surface area (Å²) in [5, 5.41) is 2.81. The molecular weight excluding hydrogens is 533 g/mol. The van der Waals surface area contributed by atoms with Crippen LogP contribution < -0.4 is 11.1 Å². The molecule has 2 aliphatic heterocycles. The van der Waals surface area contributed by atoms with Crippen LogP contribution in [0.4, 0.5) is 18.9 Å². The van der Waals surface area contributed by atoms with E-state index in [0.717, 1.165) is 30.5 Å². The van der Waals surface area contributed by atoms with Crippen molar-refractivity contribution in [3.8, 4) is 11.1 Å². The average molecular weight is 561 g/mol. The van der Waals surface area contributed by atoms with Crippen LogP contribution in [0, 0.1) is 0 Å². The lowest BCUT2D eigenvalue weighted by Gasteiger charge is -2.16. The highest BCUT2D eigenvalue weighted by Gasteiger charge is 2.43. The van der Waals surface area contributed by atoms with Crippen molar-refractivity contribution in [2.45, 2.75) is 44.4 Å². The number of benzene rings is 2. The number of carbonyl (C=O) groups is 2. The second-order valence-corrected chi connectivity index (χ2v) is 10.3. The number of fused-ring (bicyclic) bond motifs is 3. The smallest absolute Gasteiger partial charge is 0.416 e. The number of rotatable bonds is 7. The van der Waals surface area contributed by atoms with Gasteiger partial charge in [0.25, 0.3) is 11.8 Å². The van der Waals surface area contributed by atoms with Crippen LogP contribution in [0.3, 0.4) is 0 Å². The average Bonchev–Trinajstić information content (AvgIpc) is 3.71. The summed E-state index contributed by atoms with van der Waals surface area (Å²) in [4.78, 5) is 32.8. The van der Waals surface area contributed by atoms with Crippen LogP contribution >= 0.6 is 0 Å². The van der Waals surface area contributed by atoms with E-state index in [1.54, 1.807) is 36.4 Å². The number of nitrogens with two attached hydrogens (primary N) is 1. The van der Waals surface area contributed by atoms with E-state index >= 15 is 0 Å². The normalized spacial score (nSPS) is 16.1. The Morgan fingerprint density at radius 1 is 1.05 bits per heavy atom. The molecule has 0 bridgehead atoms. The van der Waals surface area contributed by atoms with E-state index in [9.17, 15) is 22.8 Å². The third kappa shape index (κ3) is 5.05. The van der Waals surface area contributed by atoms with Gasteiger partial charge in [-0.2, -0.15) is 13.2 Å². The van der Waals surface area contributed by atoms with Gasteiger partial charge in [0.2, 0.25) is 0 Å². The Hall–Kier alpha value is -4.60. The Morgan fingerprint density at radius 2 is 1.80 bits per heavy atom. The predicted octanol–water partition coefficient (Wildman–Crippen LogP) is 5.95. The van der Waals surface area contributed by atoms with Gasteiger partial charge in [-0.1, -0.05) is 24.3 Å². The van der Waals surface area contributed by atoms with Crippen molar-refractivity contribution in [2.24, 2.45) is 0 Å². The van der Waals surface area contributed by atoms with Crippen molar-refractivity contribution in [3.05, 3.63) is 106 Å². The summed E-state index contributed by atoms with van der Waals surface area (Å²) >= 11 is 0. The minimum Gasteiger partial charge on any atom is -0.467 e. The molecule has 1 saturated heterocycles. The lowest BCUT2D eigenvalue weighted by Crippen LogP contribution is -2.23. The number of alkyl halides is 3. The Morgan fingerprint density at radius 3 is 2.49 bits per heavy atom. The molecule has 1 atom stereocenters. The molecule has 0 spiro atoms. The summed E-state index contributed by atoms with van der Waals surface area (Å²) in [7, 11) is 0. The molecule has 1 fully saturated rings. The van der Waals surface area contributed by atoms with Crippen molar-refractivity contribution in [1.29, 1.82) is 0 Å². The van der Waals surface area contributed by atoms with E-state index in [1.807, 2.05) is 4.90 Å². The monoisotopic (exact) mass is 560 g/mol. The molecule has 3 N–H and O–H groups in total. The quantitative estimate of drug-likeness (QED) is 0.291. The highest BCUT2D eigenvalue weighted by Crippen LogP contribution is 2.46. The Labute approximate surface area is 234 Å². The number of nitrogens with zero attached hydrogens (tertiary/aromatic N) is 2. The Kier molecular flexibility index (Phi) is 6.76. The summed E-state index contributed by atoms with van der Waals surface area (Å²) in [5.41, 5.74) is 10.6. The van der Waals surface area contributed by atoms with E-state index < -0.39 is 11.7 Å². The number of hydrogen-bond donors (Lipinski definition) is 2. The van der Waals surface area contributed by atoms with Crippen LogP contribution in [0.15, 0.2) is 71.3 Å². The largest absolute Gasteiger partial charge is 0.467 e. The summed E-state index contributed by atoms with van der Waals surface area (Å²) in [6.07, 6.45) is -0.328. The number of pyridine rings is 1. The fourth-order valence-electron chi connectivity index (χ4n) is 5.65. The maximum atomic E-state index is 13.5. The maximum Gasteiger partial charge on any atom is 0.416 e. The van der Waals surface area contributed by atoms with Crippen molar-refractivity contribution >= 4 is 17.5 Å². The number of hydrogen-bond acceptors (Lipinski definition) is 5. The molecule has 10 heteroatoms.